The molecule has 6 aliphatic carbocycles. The number of methoxy groups -OCH3 is 2. The first-order valence-corrected chi connectivity index (χ1v) is 35.0. The number of nitrogens with two attached hydrogens (primary N) is 2. The van der Waals surface area contributed by atoms with Gasteiger partial charge in [0.25, 0.3) is 0 Å². The van der Waals surface area contributed by atoms with Crippen LogP contribution in [0, 0.1) is 58.2 Å². The van der Waals surface area contributed by atoms with E-state index in [0.29, 0.717) is 65.5 Å². The van der Waals surface area contributed by atoms with E-state index in [0.717, 1.165) is 88.7 Å². The van der Waals surface area contributed by atoms with Crippen molar-refractivity contribution in [1.29, 1.82) is 0 Å². The number of aliphatic hydroxyl groups excluding tert-OH is 2. The van der Waals surface area contributed by atoms with E-state index in [9.17, 15) is 19.8 Å². The molecule has 10 N–H and O–H groups in total. The zero-order chi connectivity index (χ0) is 67.8. The number of para-hydroxylation sites is 2. The number of anilines is 2. The summed E-state index contributed by atoms with van der Waals surface area (Å²) in [5.74, 6) is 3.60. The van der Waals surface area contributed by atoms with Crippen LogP contribution in [0.25, 0.3) is 22.3 Å². The number of nitrogens with one attached hydrogen (secondary N) is 4. The van der Waals surface area contributed by atoms with Gasteiger partial charge in [0, 0.05) is 125 Å². The number of nitrogens with zero attached hydrogens (tertiary/aromatic N) is 5. The molecule has 0 radical (unpaired) electrons. The van der Waals surface area contributed by atoms with Crippen molar-refractivity contribution in [3.8, 4) is 33.8 Å². The van der Waals surface area contributed by atoms with Gasteiger partial charge in [-0.1, -0.05) is 77.9 Å². The lowest BCUT2D eigenvalue weighted by Crippen LogP contribution is -2.62. The number of ether oxygens (including phenoxy) is 2. The smallest absolute Gasteiger partial charge is 0.240 e. The van der Waals surface area contributed by atoms with Crippen LogP contribution >= 0.6 is 0 Å². The highest BCUT2D eigenvalue weighted by molar-refractivity contribution is 5.84. The summed E-state index contributed by atoms with van der Waals surface area (Å²) in [5.41, 5.74) is 23.4. The average molecular weight is 1300 g/mol. The van der Waals surface area contributed by atoms with Crippen molar-refractivity contribution in [3.63, 3.8) is 0 Å². The van der Waals surface area contributed by atoms with Gasteiger partial charge in [-0.05, 0) is 178 Å². The van der Waals surface area contributed by atoms with Crippen molar-refractivity contribution in [2.75, 3.05) is 92.5 Å². The summed E-state index contributed by atoms with van der Waals surface area (Å²) in [5, 5.41) is 39.1. The van der Waals surface area contributed by atoms with Crippen LogP contribution in [0.2, 0.25) is 0 Å². The molecule has 6 saturated carbocycles. The summed E-state index contributed by atoms with van der Waals surface area (Å²) in [6.07, 6.45) is 4.46. The molecule has 9 aliphatic rings. The van der Waals surface area contributed by atoms with Crippen molar-refractivity contribution < 1.29 is 39.0 Å². The monoisotopic (exact) mass is 1300 g/mol. The van der Waals surface area contributed by atoms with Crippen LogP contribution < -0.4 is 52.0 Å². The third-order valence-corrected chi connectivity index (χ3v) is 23.9. The first-order valence-electron chi connectivity index (χ1n) is 35.0. The molecule has 4 aromatic carbocycles. The Bertz CT molecular complexity index is 3250. The van der Waals surface area contributed by atoms with Crippen LogP contribution in [0.5, 0.6) is 11.5 Å². The normalized spacial score (nSPS) is 30.7. The number of benzene rings is 4. The Hall–Kier alpha value is -5.42. The molecule has 4 bridgehead atoms. The van der Waals surface area contributed by atoms with Gasteiger partial charge in [-0.2, -0.15) is 10.1 Å². The second kappa shape index (κ2) is 29.7. The van der Waals surface area contributed by atoms with Gasteiger partial charge in [-0.25, -0.2) is 0 Å². The zero-order valence-electron chi connectivity index (χ0n) is 59.4. The third kappa shape index (κ3) is 14.4. The molecular formula is C75H115N11O8. The van der Waals surface area contributed by atoms with Crippen LogP contribution in [0.4, 0.5) is 11.4 Å². The lowest BCUT2D eigenvalue weighted by atomic mass is 9.45. The van der Waals surface area contributed by atoms with E-state index < -0.39 is 48.3 Å². The van der Waals surface area contributed by atoms with Crippen LogP contribution in [-0.2, 0) is 45.4 Å². The molecule has 2 amide bonds. The predicted molar refractivity (Wildman–Crippen MR) is 375 cm³/mol. The van der Waals surface area contributed by atoms with Crippen molar-refractivity contribution in [1.82, 2.24) is 36.3 Å². The highest BCUT2D eigenvalue weighted by atomic mass is 16.7. The Labute approximate surface area is 561 Å². The summed E-state index contributed by atoms with van der Waals surface area (Å²) in [6, 6.07) is 24.9. The topological polar surface area (TPSA) is 228 Å². The maximum atomic E-state index is 14.3. The number of likely N-dealkylation sites (N-methyl/N-ethyl adjacent to an activating group) is 1. The van der Waals surface area contributed by atoms with Crippen LogP contribution in [0.3, 0.4) is 0 Å². The standard InChI is InChI=1S/C40H62N6O4.C35H53N5O4/c1-24-33-18-29(40(33,3)4)19-34(24)43-39(48)37-36(25(2)47)35(20-41)50-46(37)23-27-11-9-13-32(38(27)49-8)28-15-26(16-31(17-28)44(5)6)21-42-22-30-12-10-14-45(30)7;1-20-28-15-25(35(28,3)4)16-29(20)38-34(42)32-31(21(2)41)30(17-36)44-40(32)19-23-10-9-11-27(33(23)43-8)24-12-22(18-37-5)13-26(14-24)39(6)7/h9,11,13,15-17,24-25,29-30,33-37,42,47H,10,12,14,18-23,41H2,1-8H3,(H,43,48);9-14,20-21,25,28-32,37,41H,15-19,36H2,1-8H3,(H,38,42)/t24-,25-,29+,30?,33-,34?,35-,36+,37-;20-,21-,25+,28-,29?,30-,31+,32-/m00/s1. The number of carbonyl (C=O) groups is 2. The van der Waals surface area contributed by atoms with Crippen LogP contribution in [-0.4, -0.2) is 174 Å². The molecule has 94 heavy (non-hydrogen) atoms. The van der Waals surface area contributed by atoms with Gasteiger partial charge in [0.15, 0.2) is 0 Å². The average Bonchev–Trinajstić information content (AvgIpc) is 0.864. The number of carbonyl (C=O) groups excluding carboxylic acids is 2. The van der Waals surface area contributed by atoms with E-state index in [1.165, 1.54) is 43.4 Å². The van der Waals surface area contributed by atoms with Crippen LogP contribution in [0.15, 0.2) is 72.8 Å². The molecule has 9 fully saturated rings. The number of hydrogen-bond donors (Lipinski definition) is 8. The molecule has 4 aromatic rings. The van der Waals surface area contributed by atoms with Gasteiger partial charge in [-0.3, -0.25) is 19.3 Å². The van der Waals surface area contributed by atoms with Gasteiger partial charge >= 0.3 is 0 Å². The molecule has 19 heteroatoms. The van der Waals surface area contributed by atoms with Crippen LogP contribution in [0.1, 0.15) is 116 Å². The molecule has 3 aliphatic heterocycles. The Morgan fingerprint density at radius 1 is 0.670 bits per heavy atom. The van der Waals surface area contributed by atoms with Gasteiger partial charge < -0.3 is 67.1 Å². The largest absolute Gasteiger partial charge is 0.496 e. The number of fused-ring (bicyclic) bond motifs is 4. The Morgan fingerprint density at radius 3 is 1.46 bits per heavy atom. The zero-order valence-corrected chi connectivity index (χ0v) is 59.4. The quantitative estimate of drug-likeness (QED) is 0.0332. The molecule has 17 atom stereocenters. The molecule has 518 valence electrons. The second-order valence-electron chi connectivity index (χ2n) is 30.6. The minimum atomic E-state index is -0.775. The molecule has 3 saturated heterocycles. The fraction of sp³-hybridized carbons (Fsp3) is 0.653. The maximum absolute atomic E-state index is 14.3. The first kappa shape index (κ1) is 71.4. The summed E-state index contributed by atoms with van der Waals surface area (Å²) in [6.45, 7) is 22.2. The highest BCUT2D eigenvalue weighted by Gasteiger charge is 2.59. The Kier molecular flexibility index (Phi) is 22.6. The number of amides is 2. The number of hydroxylamine groups is 4. The summed E-state index contributed by atoms with van der Waals surface area (Å²) in [4.78, 5) is 47.9. The molecule has 0 spiro atoms. The lowest BCUT2D eigenvalue weighted by molar-refractivity contribution is -0.176. The van der Waals surface area contributed by atoms with E-state index in [4.69, 9.17) is 30.6 Å². The molecule has 13 rings (SSSR count). The predicted octanol–water partition coefficient (Wildman–Crippen LogP) is 8.01. The van der Waals surface area contributed by atoms with Crippen molar-refractivity contribution in [3.05, 3.63) is 95.1 Å². The van der Waals surface area contributed by atoms with E-state index in [1.807, 2.05) is 45.4 Å². The van der Waals surface area contributed by atoms with Gasteiger partial charge in [0.05, 0.1) is 51.7 Å². The second-order valence-corrected chi connectivity index (χ2v) is 30.6. The maximum Gasteiger partial charge on any atom is 0.240 e. The van der Waals surface area contributed by atoms with Gasteiger partial charge in [-0.15, -0.1) is 0 Å². The van der Waals surface area contributed by atoms with E-state index >= 15 is 0 Å². The summed E-state index contributed by atoms with van der Waals surface area (Å²) in [7, 11) is 15.7. The van der Waals surface area contributed by atoms with E-state index in [-0.39, 0.29) is 37.0 Å². The fourth-order valence-corrected chi connectivity index (χ4v) is 18.0. The fourth-order valence-electron chi connectivity index (χ4n) is 18.0. The van der Waals surface area contributed by atoms with Gasteiger partial charge in [0.2, 0.25) is 11.8 Å². The molecule has 3 unspecified atom stereocenters. The first-order chi connectivity index (χ1) is 44.7. The number of aliphatic hydroxyl groups is 2. The molecular weight excluding hydrogens is 1180 g/mol. The van der Waals surface area contributed by atoms with E-state index in [2.05, 4.69) is 147 Å². The minimum Gasteiger partial charge on any atom is -0.496 e. The summed E-state index contributed by atoms with van der Waals surface area (Å²) >= 11 is 0. The van der Waals surface area contributed by atoms with Crippen molar-refractivity contribution >= 4 is 23.2 Å². The SMILES string of the molecule is CNCc1cc(-c2cccc(CN3O[C@@H](CN)[C@@H]([C@H](C)O)[C@H]3C(=O)NC3C[C@H]4C[C@@H]([C@@H]3C)C4(C)C)c2OC)cc(N(C)C)c1.COc1c(CN2O[C@@H](CN)[C@@H]([C@H](C)O)[C@H]2C(=O)NC2C[C@H]3C[C@@H]([C@@H]2C)C3(C)C)cccc1-c1cc(CNCC2CCCN2C)cc(N(C)C)c1. The summed E-state index contributed by atoms with van der Waals surface area (Å²) < 4.78 is 12.2. The Balaban J connectivity index is 0.000000207. The molecule has 19 nitrogen and oxygen atoms in total. The van der Waals surface area contributed by atoms with Crippen molar-refractivity contribution in [2.24, 2.45) is 69.6 Å². The van der Waals surface area contributed by atoms with E-state index in [1.54, 1.807) is 38.2 Å². The lowest BCUT2D eigenvalue weighted by Gasteiger charge is -2.62. The number of hydrogen-bond acceptors (Lipinski definition) is 17. The minimum absolute atomic E-state index is 0.0995. The molecule has 3 heterocycles. The number of likely N-dealkylation sites (tertiary alicyclic amines) is 1. The highest BCUT2D eigenvalue weighted by Crippen LogP contribution is 2.62. The van der Waals surface area contributed by atoms with Gasteiger partial charge in [0.1, 0.15) is 23.6 Å². The number of rotatable bonds is 24. The third-order valence-electron chi connectivity index (χ3n) is 23.9. The Morgan fingerprint density at radius 2 is 1.11 bits per heavy atom. The molecule has 0 aromatic heterocycles. The van der Waals surface area contributed by atoms with Crippen molar-refractivity contribution in [2.45, 2.75) is 175 Å².